The largest absolute Gasteiger partial charge is 0.497 e. The minimum absolute atomic E-state index is 0.337. The first-order valence-corrected chi connectivity index (χ1v) is 10.3. The molecule has 8 heteroatoms. The summed E-state index contributed by atoms with van der Waals surface area (Å²) < 4.78 is 24.6. The molecule has 0 saturated carbocycles. The Hall–Kier alpha value is -3.23. The number of oxazole rings is 1. The number of halogens is 1. The van der Waals surface area contributed by atoms with Crippen LogP contribution >= 0.6 is 11.8 Å². The topological polar surface area (TPSA) is 81.3 Å². The predicted octanol–water partition coefficient (Wildman–Crippen LogP) is 5.32. The van der Waals surface area contributed by atoms with Crippen molar-refractivity contribution in [3.8, 4) is 28.6 Å². The van der Waals surface area contributed by atoms with E-state index in [-0.39, 0.29) is 5.82 Å². The Morgan fingerprint density at radius 2 is 1.71 bits per heavy atom. The predicted molar refractivity (Wildman–Crippen MR) is 115 cm³/mol. The van der Waals surface area contributed by atoms with Crippen LogP contribution in [0.5, 0.6) is 5.75 Å². The second-order valence-corrected chi connectivity index (χ2v) is 8.33. The third-order valence-corrected chi connectivity index (χ3v) is 5.45. The van der Waals surface area contributed by atoms with Crippen molar-refractivity contribution in [1.82, 2.24) is 15.0 Å². The minimum Gasteiger partial charge on any atom is -0.497 e. The number of benzene rings is 2. The lowest BCUT2D eigenvalue weighted by Gasteiger charge is -2.15. The fraction of sp³-hybridized carbons (Fsp3) is 0.174. The van der Waals surface area contributed by atoms with Gasteiger partial charge in [-0.05, 0) is 74.1 Å². The van der Waals surface area contributed by atoms with Crippen molar-refractivity contribution < 1.29 is 18.7 Å². The van der Waals surface area contributed by atoms with Crippen LogP contribution in [0.4, 0.5) is 4.39 Å². The van der Waals surface area contributed by atoms with Crippen molar-refractivity contribution in [2.45, 2.75) is 29.4 Å². The molecule has 0 aliphatic rings. The quantitative estimate of drug-likeness (QED) is 0.437. The summed E-state index contributed by atoms with van der Waals surface area (Å²) >= 11 is 1.38. The fourth-order valence-corrected chi connectivity index (χ4v) is 3.62. The van der Waals surface area contributed by atoms with E-state index in [9.17, 15) is 9.50 Å². The maximum absolute atomic E-state index is 13.3. The van der Waals surface area contributed by atoms with Gasteiger partial charge in [0.15, 0.2) is 5.09 Å². The van der Waals surface area contributed by atoms with Crippen LogP contribution in [-0.4, -0.2) is 27.2 Å². The Morgan fingerprint density at radius 1 is 1.00 bits per heavy atom. The van der Waals surface area contributed by atoms with E-state index in [2.05, 4.69) is 15.0 Å². The van der Waals surface area contributed by atoms with Crippen LogP contribution in [0.3, 0.4) is 0 Å². The highest BCUT2D eigenvalue weighted by Crippen LogP contribution is 2.38. The van der Waals surface area contributed by atoms with Crippen LogP contribution in [0.25, 0.3) is 22.8 Å². The SMILES string of the molecule is COc1ccc(Sc2oc(-c3ccc(F)cc3)nc2-c2cnc(C(C)(C)O)cn2)cc1. The number of rotatable bonds is 6. The first kappa shape index (κ1) is 21.0. The molecule has 0 saturated heterocycles. The summed E-state index contributed by atoms with van der Waals surface area (Å²) in [6, 6.07) is 13.5. The molecule has 2 aromatic heterocycles. The molecule has 0 bridgehead atoms. The highest BCUT2D eigenvalue weighted by molar-refractivity contribution is 7.99. The minimum atomic E-state index is -1.10. The molecule has 158 valence electrons. The van der Waals surface area contributed by atoms with Crippen molar-refractivity contribution in [3.63, 3.8) is 0 Å². The number of methoxy groups -OCH3 is 1. The van der Waals surface area contributed by atoms with Crippen molar-refractivity contribution >= 4 is 11.8 Å². The summed E-state index contributed by atoms with van der Waals surface area (Å²) in [7, 11) is 1.61. The summed E-state index contributed by atoms with van der Waals surface area (Å²) in [5.41, 5.74) is 0.999. The molecule has 0 atom stereocenters. The van der Waals surface area contributed by atoms with E-state index in [1.165, 1.54) is 30.1 Å². The van der Waals surface area contributed by atoms with E-state index in [1.54, 1.807) is 39.3 Å². The molecule has 2 aromatic carbocycles. The normalized spacial score (nSPS) is 11.5. The van der Waals surface area contributed by atoms with Crippen molar-refractivity contribution in [3.05, 3.63) is 72.4 Å². The van der Waals surface area contributed by atoms with Gasteiger partial charge in [-0.25, -0.2) is 9.37 Å². The lowest BCUT2D eigenvalue weighted by Crippen LogP contribution is -2.17. The summed E-state index contributed by atoms with van der Waals surface area (Å²) in [5, 5.41) is 10.7. The van der Waals surface area contributed by atoms with Gasteiger partial charge in [-0.3, -0.25) is 9.97 Å². The smallest absolute Gasteiger partial charge is 0.228 e. The van der Waals surface area contributed by atoms with E-state index >= 15 is 0 Å². The number of aliphatic hydroxyl groups is 1. The van der Waals surface area contributed by atoms with E-state index in [0.717, 1.165) is 10.6 Å². The molecule has 0 unspecified atom stereocenters. The Balaban J connectivity index is 1.74. The highest BCUT2D eigenvalue weighted by Gasteiger charge is 2.22. The molecule has 6 nitrogen and oxygen atoms in total. The molecule has 2 heterocycles. The molecule has 4 aromatic rings. The molecule has 0 radical (unpaired) electrons. The molecule has 0 aliphatic heterocycles. The van der Waals surface area contributed by atoms with Gasteiger partial charge in [0.1, 0.15) is 28.6 Å². The molecule has 0 spiro atoms. The van der Waals surface area contributed by atoms with Gasteiger partial charge in [-0.1, -0.05) is 0 Å². The average molecular weight is 437 g/mol. The van der Waals surface area contributed by atoms with Gasteiger partial charge in [0.2, 0.25) is 5.89 Å². The van der Waals surface area contributed by atoms with Crippen molar-refractivity contribution in [1.29, 1.82) is 0 Å². The van der Waals surface area contributed by atoms with E-state index < -0.39 is 5.60 Å². The van der Waals surface area contributed by atoms with Gasteiger partial charge in [0, 0.05) is 10.5 Å². The Kier molecular flexibility index (Phi) is 5.75. The van der Waals surface area contributed by atoms with Crippen molar-refractivity contribution in [2.75, 3.05) is 7.11 Å². The molecular weight excluding hydrogens is 417 g/mol. The summed E-state index contributed by atoms with van der Waals surface area (Å²) in [6.45, 7) is 3.29. The van der Waals surface area contributed by atoms with E-state index in [1.807, 2.05) is 24.3 Å². The standard InChI is InChI=1S/C23H20FN3O3S/c1-23(2,28)19-13-25-18(12-26-19)20-22(31-17-10-8-16(29-3)9-11-17)30-21(27-20)14-4-6-15(24)7-5-14/h4-13,28H,1-3H3. The molecule has 0 amide bonds. The van der Waals surface area contributed by atoms with Gasteiger partial charge in [-0.2, -0.15) is 0 Å². The number of hydrogen-bond donors (Lipinski definition) is 1. The Bertz CT molecular complexity index is 1170. The van der Waals surface area contributed by atoms with Gasteiger partial charge in [0.25, 0.3) is 0 Å². The number of aromatic nitrogens is 3. The van der Waals surface area contributed by atoms with Gasteiger partial charge in [0.05, 0.1) is 25.2 Å². The maximum atomic E-state index is 13.3. The van der Waals surface area contributed by atoms with Crippen LogP contribution in [0.15, 0.2) is 75.3 Å². The van der Waals surface area contributed by atoms with Gasteiger partial charge < -0.3 is 14.3 Å². The summed E-state index contributed by atoms with van der Waals surface area (Å²) in [6.07, 6.45) is 3.07. The lowest BCUT2D eigenvalue weighted by molar-refractivity contribution is 0.0734. The lowest BCUT2D eigenvalue weighted by atomic mass is 10.1. The molecule has 1 N–H and O–H groups in total. The fourth-order valence-electron chi connectivity index (χ4n) is 2.77. The van der Waals surface area contributed by atoms with Crippen LogP contribution in [0, 0.1) is 5.82 Å². The number of nitrogens with zero attached hydrogens (tertiary/aromatic N) is 3. The van der Waals surface area contributed by atoms with E-state index in [4.69, 9.17) is 9.15 Å². The van der Waals surface area contributed by atoms with Crippen LogP contribution < -0.4 is 4.74 Å². The molecule has 0 aliphatic carbocycles. The van der Waals surface area contributed by atoms with E-state index in [0.29, 0.717) is 33.6 Å². The third-order valence-electron chi connectivity index (χ3n) is 4.48. The second-order valence-electron chi connectivity index (χ2n) is 7.29. The first-order chi connectivity index (χ1) is 14.8. The Morgan fingerprint density at radius 3 is 2.29 bits per heavy atom. The van der Waals surface area contributed by atoms with Crippen LogP contribution in [0.2, 0.25) is 0 Å². The monoisotopic (exact) mass is 437 g/mol. The molecule has 0 fully saturated rings. The second kappa shape index (κ2) is 8.49. The highest BCUT2D eigenvalue weighted by atomic mass is 32.2. The van der Waals surface area contributed by atoms with Crippen LogP contribution in [-0.2, 0) is 5.60 Å². The van der Waals surface area contributed by atoms with Crippen molar-refractivity contribution in [2.24, 2.45) is 0 Å². The number of ether oxygens (including phenoxy) is 1. The molecular formula is C23H20FN3O3S. The maximum Gasteiger partial charge on any atom is 0.228 e. The zero-order valence-corrected chi connectivity index (χ0v) is 18.0. The molecule has 31 heavy (non-hydrogen) atoms. The third kappa shape index (κ3) is 4.76. The average Bonchev–Trinajstić information content (AvgIpc) is 3.18. The Labute approximate surface area is 183 Å². The zero-order chi connectivity index (χ0) is 22.0. The van der Waals surface area contributed by atoms with Gasteiger partial charge >= 0.3 is 0 Å². The number of hydrogen-bond acceptors (Lipinski definition) is 7. The van der Waals surface area contributed by atoms with Crippen LogP contribution in [0.1, 0.15) is 19.5 Å². The summed E-state index contributed by atoms with van der Waals surface area (Å²) in [4.78, 5) is 14.3. The zero-order valence-electron chi connectivity index (χ0n) is 17.2. The molecule has 4 rings (SSSR count). The summed E-state index contributed by atoms with van der Waals surface area (Å²) in [5.74, 6) is 0.762. The first-order valence-electron chi connectivity index (χ1n) is 9.47. The van der Waals surface area contributed by atoms with Gasteiger partial charge in [-0.15, -0.1) is 0 Å².